The van der Waals surface area contributed by atoms with E-state index in [1.807, 2.05) is 0 Å². The van der Waals surface area contributed by atoms with Crippen LogP contribution in [0.15, 0.2) is 0 Å². The molecular formula is C10H22N2O4. The highest BCUT2D eigenvalue weighted by Crippen LogP contribution is 1.92. The number of hydrogen-bond donors (Lipinski definition) is 2. The van der Waals surface area contributed by atoms with E-state index >= 15 is 0 Å². The van der Waals surface area contributed by atoms with Crippen molar-refractivity contribution in [3.05, 3.63) is 0 Å². The molecule has 0 bridgehead atoms. The fourth-order valence-electron chi connectivity index (χ4n) is 1.12. The van der Waals surface area contributed by atoms with Crippen LogP contribution in [-0.2, 0) is 19.0 Å². The van der Waals surface area contributed by atoms with Crippen LogP contribution in [0.5, 0.6) is 0 Å². The maximum atomic E-state index is 11.5. The molecule has 2 unspecified atom stereocenters. The van der Waals surface area contributed by atoms with Gasteiger partial charge in [-0.15, -0.1) is 0 Å². The first-order chi connectivity index (χ1) is 7.65. The van der Waals surface area contributed by atoms with Gasteiger partial charge in [-0.3, -0.25) is 4.79 Å². The second kappa shape index (κ2) is 9.53. The summed E-state index contributed by atoms with van der Waals surface area (Å²) in [5.74, 6) is -0.199. The SMILES string of the molecule is COCCC(N)C(=O)NCC(COC)OC. The van der Waals surface area contributed by atoms with Crippen molar-refractivity contribution < 1.29 is 19.0 Å². The average Bonchev–Trinajstić information content (AvgIpc) is 2.30. The number of ether oxygens (including phenoxy) is 3. The van der Waals surface area contributed by atoms with Crippen LogP contribution in [0.1, 0.15) is 6.42 Å². The van der Waals surface area contributed by atoms with Crippen molar-refractivity contribution in [3.63, 3.8) is 0 Å². The molecule has 0 heterocycles. The normalized spacial score (nSPS) is 14.5. The minimum absolute atomic E-state index is 0.149. The molecule has 0 radical (unpaired) electrons. The first-order valence-corrected chi connectivity index (χ1v) is 5.19. The van der Waals surface area contributed by atoms with Crippen LogP contribution in [-0.4, -0.2) is 59.1 Å². The molecule has 3 N–H and O–H groups in total. The van der Waals surface area contributed by atoms with Gasteiger partial charge in [-0.1, -0.05) is 0 Å². The van der Waals surface area contributed by atoms with Gasteiger partial charge in [0.05, 0.1) is 18.8 Å². The van der Waals surface area contributed by atoms with Crippen LogP contribution in [0.4, 0.5) is 0 Å². The fraction of sp³-hybridized carbons (Fsp3) is 0.900. The molecule has 96 valence electrons. The monoisotopic (exact) mass is 234 g/mol. The molecule has 0 aromatic rings. The maximum absolute atomic E-state index is 11.5. The van der Waals surface area contributed by atoms with Crippen molar-refractivity contribution in [2.75, 3.05) is 41.1 Å². The Labute approximate surface area is 96.4 Å². The maximum Gasteiger partial charge on any atom is 0.237 e. The third-order valence-corrected chi connectivity index (χ3v) is 2.16. The predicted octanol–water partition coefficient (Wildman–Crippen LogP) is -0.872. The number of carbonyl (C=O) groups is 1. The van der Waals surface area contributed by atoms with Gasteiger partial charge in [-0.2, -0.15) is 0 Å². The molecule has 6 nitrogen and oxygen atoms in total. The number of carbonyl (C=O) groups excluding carboxylic acids is 1. The summed E-state index contributed by atoms with van der Waals surface area (Å²) in [6.45, 7) is 1.30. The lowest BCUT2D eigenvalue weighted by Gasteiger charge is -2.17. The summed E-state index contributed by atoms with van der Waals surface area (Å²) >= 11 is 0. The Bertz CT molecular complexity index is 190. The number of hydrogen-bond acceptors (Lipinski definition) is 5. The summed E-state index contributed by atoms with van der Waals surface area (Å²) in [5, 5.41) is 2.70. The zero-order valence-corrected chi connectivity index (χ0v) is 10.2. The average molecular weight is 234 g/mol. The zero-order chi connectivity index (χ0) is 12.4. The molecule has 0 rings (SSSR count). The van der Waals surface area contributed by atoms with Crippen molar-refractivity contribution in [2.24, 2.45) is 5.73 Å². The van der Waals surface area contributed by atoms with E-state index < -0.39 is 6.04 Å². The van der Waals surface area contributed by atoms with E-state index in [1.165, 1.54) is 0 Å². The Morgan fingerprint density at radius 1 is 1.31 bits per heavy atom. The van der Waals surface area contributed by atoms with Gasteiger partial charge in [0, 0.05) is 34.5 Å². The summed E-state index contributed by atoms with van der Waals surface area (Å²) in [6.07, 6.45) is 0.355. The zero-order valence-electron chi connectivity index (χ0n) is 10.2. The van der Waals surface area contributed by atoms with Crippen LogP contribution >= 0.6 is 0 Å². The smallest absolute Gasteiger partial charge is 0.237 e. The van der Waals surface area contributed by atoms with E-state index in [-0.39, 0.29) is 12.0 Å². The summed E-state index contributed by atoms with van der Waals surface area (Å²) in [5.41, 5.74) is 5.64. The predicted molar refractivity (Wildman–Crippen MR) is 60.2 cm³/mol. The Morgan fingerprint density at radius 3 is 2.50 bits per heavy atom. The number of methoxy groups -OCH3 is 3. The Hall–Kier alpha value is -0.690. The molecule has 2 atom stereocenters. The topological polar surface area (TPSA) is 82.8 Å². The molecular weight excluding hydrogens is 212 g/mol. The third kappa shape index (κ3) is 6.73. The summed E-state index contributed by atoms with van der Waals surface area (Å²) in [6, 6.07) is -0.542. The van der Waals surface area contributed by atoms with Crippen molar-refractivity contribution in [1.82, 2.24) is 5.32 Å². The standard InChI is InChI=1S/C10H22N2O4/c1-14-5-4-9(11)10(13)12-6-8(16-3)7-15-2/h8-9H,4-7,11H2,1-3H3,(H,12,13). The highest BCUT2D eigenvalue weighted by atomic mass is 16.5. The lowest BCUT2D eigenvalue weighted by molar-refractivity contribution is -0.123. The van der Waals surface area contributed by atoms with Gasteiger partial charge in [0.1, 0.15) is 0 Å². The minimum Gasteiger partial charge on any atom is -0.385 e. The number of amides is 1. The second-order valence-electron chi connectivity index (χ2n) is 3.45. The first kappa shape index (κ1) is 15.3. The van der Waals surface area contributed by atoms with Gasteiger partial charge in [-0.05, 0) is 6.42 Å². The molecule has 0 aromatic carbocycles. The molecule has 6 heteroatoms. The Balaban J connectivity index is 3.76. The molecule has 0 aromatic heterocycles. The van der Waals surface area contributed by atoms with Crippen molar-refractivity contribution in [2.45, 2.75) is 18.6 Å². The number of nitrogens with two attached hydrogens (primary N) is 1. The van der Waals surface area contributed by atoms with Crippen molar-refractivity contribution in [1.29, 1.82) is 0 Å². The van der Waals surface area contributed by atoms with E-state index in [1.54, 1.807) is 21.3 Å². The fourth-order valence-corrected chi connectivity index (χ4v) is 1.12. The Morgan fingerprint density at radius 2 is 2.00 bits per heavy atom. The van der Waals surface area contributed by atoms with Crippen LogP contribution in [0, 0.1) is 0 Å². The number of rotatable bonds is 9. The molecule has 0 aliphatic heterocycles. The van der Waals surface area contributed by atoms with Gasteiger partial charge in [0.25, 0.3) is 0 Å². The second-order valence-corrected chi connectivity index (χ2v) is 3.45. The molecule has 1 amide bonds. The Kier molecular flexibility index (Phi) is 9.12. The van der Waals surface area contributed by atoms with E-state index in [2.05, 4.69) is 5.32 Å². The quantitative estimate of drug-likeness (QED) is 0.542. The molecule has 16 heavy (non-hydrogen) atoms. The number of nitrogens with one attached hydrogen (secondary N) is 1. The third-order valence-electron chi connectivity index (χ3n) is 2.16. The summed E-state index contributed by atoms with van der Waals surface area (Å²) < 4.78 is 14.9. The van der Waals surface area contributed by atoms with Crippen LogP contribution < -0.4 is 11.1 Å². The van der Waals surface area contributed by atoms with E-state index in [0.717, 1.165) is 0 Å². The van der Waals surface area contributed by atoms with Crippen LogP contribution in [0.25, 0.3) is 0 Å². The van der Waals surface area contributed by atoms with E-state index in [4.69, 9.17) is 19.9 Å². The molecule has 0 saturated carbocycles. The first-order valence-electron chi connectivity index (χ1n) is 5.19. The molecule has 0 saturated heterocycles. The largest absolute Gasteiger partial charge is 0.385 e. The highest BCUT2D eigenvalue weighted by molar-refractivity contribution is 5.81. The van der Waals surface area contributed by atoms with Gasteiger partial charge < -0.3 is 25.3 Å². The minimum atomic E-state index is -0.542. The highest BCUT2D eigenvalue weighted by Gasteiger charge is 2.14. The van der Waals surface area contributed by atoms with Gasteiger partial charge in [0.2, 0.25) is 5.91 Å². The van der Waals surface area contributed by atoms with E-state index in [9.17, 15) is 4.79 Å². The lowest BCUT2D eigenvalue weighted by Crippen LogP contribution is -2.45. The lowest BCUT2D eigenvalue weighted by atomic mass is 10.2. The van der Waals surface area contributed by atoms with Gasteiger partial charge >= 0.3 is 0 Å². The summed E-state index contributed by atoms with van der Waals surface area (Å²) in [4.78, 5) is 11.5. The van der Waals surface area contributed by atoms with Crippen molar-refractivity contribution >= 4 is 5.91 Å². The molecule has 0 fully saturated rings. The molecule has 0 spiro atoms. The molecule has 0 aliphatic rings. The van der Waals surface area contributed by atoms with E-state index in [0.29, 0.717) is 26.2 Å². The summed E-state index contributed by atoms with van der Waals surface area (Å²) in [7, 11) is 4.73. The molecule has 0 aliphatic carbocycles. The van der Waals surface area contributed by atoms with Gasteiger partial charge in [0.15, 0.2) is 0 Å². The van der Waals surface area contributed by atoms with Crippen LogP contribution in [0.3, 0.4) is 0 Å². The van der Waals surface area contributed by atoms with Crippen molar-refractivity contribution in [3.8, 4) is 0 Å². The van der Waals surface area contributed by atoms with Gasteiger partial charge in [-0.25, -0.2) is 0 Å². The van der Waals surface area contributed by atoms with Crippen LogP contribution in [0.2, 0.25) is 0 Å².